The molecule has 0 bridgehead atoms. The summed E-state index contributed by atoms with van der Waals surface area (Å²) in [5.74, 6) is -1.96. The van der Waals surface area contributed by atoms with Crippen LogP contribution < -0.4 is 34.9 Å². The van der Waals surface area contributed by atoms with E-state index in [-0.39, 0.29) is 111 Å². The van der Waals surface area contributed by atoms with Gasteiger partial charge in [0.2, 0.25) is 17.8 Å². The van der Waals surface area contributed by atoms with Crippen molar-refractivity contribution in [3.8, 4) is 23.0 Å². The van der Waals surface area contributed by atoms with E-state index in [9.17, 15) is 51.9 Å². The number of nitrogens with one attached hydrogen (secondary N) is 3. The monoisotopic (exact) mass is 1150 g/mol. The van der Waals surface area contributed by atoms with Gasteiger partial charge < -0.3 is 34.9 Å². The zero-order chi connectivity index (χ0) is 54.6. The number of aromatic nitrogens is 3. The summed E-state index contributed by atoms with van der Waals surface area (Å²) >= 11 is 13.4. The van der Waals surface area contributed by atoms with Gasteiger partial charge >= 0.3 is 0 Å². The van der Waals surface area contributed by atoms with E-state index in [0.29, 0.717) is 13.0 Å². The average Bonchev–Trinajstić information content (AvgIpc) is 3.33. The fraction of sp³-hybridized carbons (Fsp3) is 0.233. The second-order valence-corrected chi connectivity index (χ2v) is 22.1. The van der Waals surface area contributed by atoms with Crippen LogP contribution in [-0.4, -0.2) is 112 Å². The van der Waals surface area contributed by atoms with Gasteiger partial charge in [0.1, 0.15) is 44.2 Å². The van der Waals surface area contributed by atoms with Gasteiger partial charge in [-0.05, 0) is 73.4 Å². The van der Waals surface area contributed by atoms with Crippen molar-refractivity contribution in [2.45, 2.75) is 29.1 Å². The highest BCUT2D eigenvalue weighted by Crippen LogP contribution is 2.41. The van der Waals surface area contributed by atoms with Gasteiger partial charge in [-0.3, -0.25) is 18.2 Å². The van der Waals surface area contributed by atoms with Crippen LogP contribution in [0.1, 0.15) is 18.4 Å². The lowest BCUT2D eigenvalue weighted by Crippen LogP contribution is -2.13. The third-order valence-corrected chi connectivity index (χ3v) is 13.7. The number of rotatable bonds is 26. The molecule has 0 amide bonds. The molecule has 26 nitrogen and oxygen atoms in total. The molecule has 5 aromatic carbocycles. The number of methoxy groups -OCH3 is 2. The molecule has 400 valence electrons. The van der Waals surface area contributed by atoms with E-state index >= 15 is 0 Å². The van der Waals surface area contributed by atoms with Crippen molar-refractivity contribution in [2.24, 2.45) is 20.5 Å². The third kappa shape index (κ3) is 17.6. The number of ether oxygens (including phenoxy) is 4. The maximum Gasteiger partial charge on any atom is 0.298 e. The second kappa shape index (κ2) is 25.1. The molecule has 0 spiro atoms. The first-order chi connectivity index (χ1) is 35.4. The smallest absolute Gasteiger partial charge is 0.298 e. The van der Waals surface area contributed by atoms with E-state index in [0.717, 1.165) is 17.7 Å². The molecule has 1 aromatic heterocycles. The summed E-state index contributed by atoms with van der Waals surface area (Å²) in [7, 11) is -15.8. The van der Waals surface area contributed by atoms with Gasteiger partial charge in [0, 0.05) is 18.7 Å². The molecular formula is C43H44Cl2N10O16S4. The molecule has 0 saturated heterocycles. The Morgan fingerprint density at radius 3 is 1.36 bits per heavy atom. The van der Waals surface area contributed by atoms with E-state index in [4.69, 9.17) is 42.1 Å². The van der Waals surface area contributed by atoms with Gasteiger partial charge in [-0.25, -0.2) is 0 Å². The van der Waals surface area contributed by atoms with Gasteiger partial charge in [0.15, 0.2) is 0 Å². The first-order valence-electron chi connectivity index (χ1n) is 21.4. The second-order valence-electron chi connectivity index (χ2n) is 15.3. The largest absolute Gasteiger partial charge is 0.495 e. The topological polar surface area (TPSA) is 379 Å². The predicted molar refractivity (Wildman–Crippen MR) is 275 cm³/mol. The normalized spacial score (nSPS) is 12.2. The maximum absolute atomic E-state index is 12.0. The lowest BCUT2D eigenvalue weighted by Gasteiger charge is -2.17. The summed E-state index contributed by atoms with van der Waals surface area (Å²) in [5.41, 5.74) is 1.01. The molecule has 1 heterocycles. The highest BCUT2D eigenvalue weighted by molar-refractivity contribution is 7.86. The molecule has 75 heavy (non-hydrogen) atoms. The van der Waals surface area contributed by atoms with Crippen molar-refractivity contribution in [1.82, 2.24) is 15.0 Å². The number of hydrogen-bond acceptors (Lipinski definition) is 22. The van der Waals surface area contributed by atoms with Crippen LogP contribution in [-0.2, 0) is 46.9 Å². The molecule has 6 rings (SSSR count). The Bertz CT molecular complexity index is 3360. The molecule has 0 atom stereocenters. The summed E-state index contributed by atoms with van der Waals surface area (Å²) in [4.78, 5) is 12.4. The molecule has 0 unspecified atom stereocenters. The predicted octanol–water partition coefficient (Wildman–Crippen LogP) is 8.98. The van der Waals surface area contributed by atoms with Crippen LogP contribution in [0, 0.1) is 0 Å². The van der Waals surface area contributed by atoms with Gasteiger partial charge in [0.05, 0.1) is 71.7 Å². The van der Waals surface area contributed by atoms with Gasteiger partial charge in [-0.1, -0.05) is 53.5 Å². The lowest BCUT2D eigenvalue weighted by atomic mass is 10.1. The maximum atomic E-state index is 12.0. The molecule has 0 fully saturated rings. The zero-order valence-corrected chi connectivity index (χ0v) is 43.8. The molecular weight excluding hydrogens is 1110 g/mol. The highest BCUT2D eigenvalue weighted by atomic mass is 35.5. The minimum absolute atomic E-state index is 0.0118. The molecule has 0 saturated carbocycles. The Morgan fingerprint density at radius 2 is 0.960 bits per heavy atom. The number of nitrogens with zero attached hydrogens (tertiary/aromatic N) is 7. The van der Waals surface area contributed by atoms with Gasteiger partial charge in [0.25, 0.3) is 40.5 Å². The number of anilines is 5. The van der Waals surface area contributed by atoms with Crippen LogP contribution in [0.25, 0.3) is 0 Å². The number of halogens is 2. The van der Waals surface area contributed by atoms with E-state index < -0.39 is 61.8 Å². The first-order valence-corrected chi connectivity index (χ1v) is 28.3. The lowest BCUT2D eigenvalue weighted by molar-refractivity contribution is 0.317. The standard InChI is InChI=1S/C43H44Cl2N10O16S4/c1-68-35-12-10-27(20-39(35)74(62,63)64)52-54-31-24-37(70-16-6-18-72(56,57)58)33(22-29(31)44)47-42-49-41(46-15-14-26-8-4-3-5-9-26)50-43(51-42)48-34-23-30(45)32(25-38(34)71-17-7-19-73(59,60)61)55-53-28-11-13-36(69-2)40(21-28)75(65,66)67/h3-5,8-13,20-25H,6-7,14-19H2,1-2H3,(H,56,57,58)(H,59,60,61)(H,62,63,64)(H,65,66,67)(H3,46,47,48,49,50,51). The average molecular weight is 1160 g/mol. The van der Waals surface area contributed by atoms with Crippen molar-refractivity contribution in [3.05, 3.63) is 107 Å². The van der Waals surface area contributed by atoms with Crippen LogP contribution in [0.5, 0.6) is 23.0 Å². The number of azo groups is 2. The molecule has 0 radical (unpaired) electrons. The van der Waals surface area contributed by atoms with Crippen molar-refractivity contribution in [2.75, 3.05) is 61.4 Å². The molecule has 0 aliphatic heterocycles. The molecule has 0 aliphatic carbocycles. The summed E-state index contributed by atoms with van der Waals surface area (Å²) in [6, 6.07) is 22.0. The third-order valence-electron chi connectivity index (χ3n) is 9.77. The van der Waals surface area contributed by atoms with Crippen molar-refractivity contribution in [1.29, 1.82) is 0 Å². The van der Waals surface area contributed by atoms with E-state index in [1.807, 2.05) is 30.3 Å². The quantitative estimate of drug-likeness (QED) is 0.0151. The van der Waals surface area contributed by atoms with E-state index in [1.165, 1.54) is 62.8 Å². The van der Waals surface area contributed by atoms with Gasteiger partial charge in [-0.15, -0.1) is 10.2 Å². The van der Waals surface area contributed by atoms with Crippen LogP contribution in [0.3, 0.4) is 0 Å². The molecule has 6 aromatic rings. The Kier molecular flexibility index (Phi) is 19.2. The minimum atomic E-state index is -4.74. The Balaban J connectivity index is 1.39. The summed E-state index contributed by atoms with van der Waals surface area (Å²) in [6.45, 7) is -0.226. The van der Waals surface area contributed by atoms with Crippen molar-refractivity contribution in [3.63, 3.8) is 0 Å². The van der Waals surface area contributed by atoms with Crippen molar-refractivity contribution < 1.29 is 70.8 Å². The Labute approximate surface area is 439 Å². The molecule has 32 heteroatoms. The van der Waals surface area contributed by atoms with Crippen LogP contribution in [0.4, 0.5) is 52.0 Å². The van der Waals surface area contributed by atoms with E-state index in [1.54, 1.807) is 0 Å². The fourth-order valence-corrected chi connectivity index (χ4v) is 9.09. The van der Waals surface area contributed by atoms with Crippen molar-refractivity contribution >= 4 is 116 Å². The Morgan fingerprint density at radius 1 is 0.533 bits per heavy atom. The molecule has 7 N–H and O–H groups in total. The fourth-order valence-electron chi connectivity index (χ4n) is 6.37. The van der Waals surface area contributed by atoms with Gasteiger partial charge in [-0.2, -0.15) is 58.9 Å². The summed E-state index contributed by atoms with van der Waals surface area (Å²) in [6.07, 6.45) is 0.188. The zero-order valence-electron chi connectivity index (χ0n) is 39.0. The van der Waals surface area contributed by atoms with Crippen LogP contribution >= 0.6 is 23.2 Å². The minimum Gasteiger partial charge on any atom is -0.495 e. The highest BCUT2D eigenvalue weighted by Gasteiger charge is 2.21. The number of hydrogen-bond donors (Lipinski definition) is 7. The summed E-state index contributed by atoms with van der Waals surface area (Å²) in [5, 5.41) is 25.4. The summed E-state index contributed by atoms with van der Waals surface area (Å²) < 4.78 is 154. The van der Waals surface area contributed by atoms with Crippen LogP contribution in [0.15, 0.2) is 121 Å². The molecule has 0 aliphatic rings. The van der Waals surface area contributed by atoms with Crippen LogP contribution in [0.2, 0.25) is 10.0 Å². The number of benzene rings is 5. The first kappa shape index (κ1) is 57.4. The van der Waals surface area contributed by atoms with E-state index in [2.05, 4.69) is 51.4 Å². The Hall–Kier alpha value is -6.87. The SMILES string of the molecule is COc1ccc(N=Nc2cc(OCCCS(=O)(=O)O)c(Nc3nc(NCCc4ccccc4)nc(Nc4cc(Cl)c(N=Nc5ccc(OC)c(S(=O)(=O)O)c5)cc4OCCCS(=O)(=O)O)n3)cc2Cl)cc1S(=O)(=O)O.